The molecule has 158 valence electrons. The molecule has 0 saturated heterocycles. The molecule has 2 aromatic rings. The Morgan fingerprint density at radius 2 is 1.74 bits per heavy atom. The second-order valence-electron chi connectivity index (χ2n) is 6.79. The maximum Gasteiger partial charge on any atom is 0.261 e. The number of nitriles is 1. The van der Waals surface area contributed by atoms with Gasteiger partial charge >= 0.3 is 0 Å². The Morgan fingerprint density at radius 3 is 2.45 bits per heavy atom. The number of ether oxygens (including phenoxy) is 1. The van der Waals surface area contributed by atoms with Crippen LogP contribution in [-0.2, 0) is 9.53 Å². The van der Waals surface area contributed by atoms with Gasteiger partial charge in [-0.15, -0.1) is 0 Å². The van der Waals surface area contributed by atoms with Crippen molar-refractivity contribution in [2.75, 3.05) is 30.9 Å². The van der Waals surface area contributed by atoms with Crippen LogP contribution in [0, 0.1) is 11.3 Å². The summed E-state index contributed by atoms with van der Waals surface area (Å²) in [7, 11) is 1.54. The maximum absolute atomic E-state index is 12.7. The van der Waals surface area contributed by atoms with E-state index in [2.05, 4.69) is 10.6 Å². The minimum Gasteiger partial charge on any atom is -0.385 e. The molecule has 2 N–H and O–H groups in total. The lowest BCUT2D eigenvalue weighted by Gasteiger charge is -2.12. The first kappa shape index (κ1) is 21.7. The van der Waals surface area contributed by atoms with Crippen molar-refractivity contribution in [3.63, 3.8) is 0 Å². The third-order valence-electron chi connectivity index (χ3n) is 4.61. The highest BCUT2D eigenvalue weighted by Gasteiger charge is 2.35. The van der Waals surface area contributed by atoms with Gasteiger partial charge in [0.2, 0.25) is 5.91 Å². The molecule has 0 unspecified atom stereocenters. The van der Waals surface area contributed by atoms with Gasteiger partial charge in [-0.2, -0.15) is 5.26 Å². The number of amides is 4. The molecule has 0 saturated carbocycles. The van der Waals surface area contributed by atoms with E-state index in [0.717, 1.165) is 4.90 Å². The lowest BCUT2D eigenvalue weighted by Crippen LogP contribution is -2.31. The number of carbonyl (C=O) groups is 4. The summed E-state index contributed by atoms with van der Waals surface area (Å²) >= 11 is 0. The van der Waals surface area contributed by atoms with Crippen molar-refractivity contribution in [3.05, 3.63) is 59.2 Å². The number of carbonyl (C=O) groups excluding carboxylic acids is 4. The number of rotatable bonds is 8. The molecule has 4 amide bonds. The predicted octanol–water partition coefficient (Wildman–Crippen LogP) is 2.42. The van der Waals surface area contributed by atoms with Gasteiger partial charge in [-0.05, 0) is 42.8 Å². The normalized spacial score (nSPS) is 12.3. The summed E-state index contributed by atoms with van der Waals surface area (Å²) in [5.74, 6) is -1.75. The summed E-state index contributed by atoms with van der Waals surface area (Å²) in [6, 6.07) is 12.6. The van der Waals surface area contributed by atoms with Gasteiger partial charge < -0.3 is 15.4 Å². The number of nitrogens with zero attached hydrogens (tertiary/aromatic N) is 2. The minimum absolute atomic E-state index is 0.188. The summed E-state index contributed by atoms with van der Waals surface area (Å²) in [6.45, 7) is 0.670. The van der Waals surface area contributed by atoms with E-state index in [1.165, 1.54) is 18.2 Å². The quantitative estimate of drug-likeness (QED) is 0.498. The molecule has 0 aromatic heterocycles. The summed E-state index contributed by atoms with van der Waals surface area (Å²) in [4.78, 5) is 50.4. The average molecular weight is 420 g/mol. The van der Waals surface area contributed by atoms with Crippen LogP contribution in [0.15, 0.2) is 42.5 Å². The van der Waals surface area contributed by atoms with Crippen molar-refractivity contribution < 1.29 is 23.9 Å². The molecule has 1 aliphatic heterocycles. The molecule has 0 fully saturated rings. The zero-order chi connectivity index (χ0) is 22.4. The molecule has 2 aromatic carbocycles. The lowest BCUT2D eigenvalue weighted by molar-refractivity contribution is -0.115. The van der Waals surface area contributed by atoms with Crippen molar-refractivity contribution in [2.45, 2.75) is 12.8 Å². The summed E-state index contributed by atoms with van der Waals surface area (Å²) in [6.07, 6.45) is 0.248. The van der Waals surface area contributed by atoms with Crippen LogP contribution in [0.3, 0.4) is 0 Å². The van der Waals surface area contributed by atoms with E-state index in [-0.39, 0.29) is 35.6 Å². The zero-order valence-corrected chi connectivity index (χ0v) is 16.8. The van der Waals surface area contributed by atoms with E-state index >= 15 is 0 Å². The van der Waals surface area contributed by atoms with E-state index in [1.54, 1.807) is 37.4 Å². The second-order valence-corrected chi connectivity index (χ2v) is 6.79. The number of anilines is 2. The van der Waals surface area contributed by atoms with Crippen molar-refractivity contribution in [3.8, 4) is 6.07 Å². The van der Waals surface area contributed by atoms with Gasteiger partial charge in [0, 0.05) is 37.2 Å². The van der Waals surface area contributed by atoms with Gasteiger partial charge in [0.1, 0.15) is 6.42 Å². The molecule has 31 heavy (non-hydrogen) atoms. The molecule has 0 atom stereocenters. The highest BCUT2D eigenvalue weighted by Crippen LogP contribution is 2.25. The van der Waals surface area contributed by atoms with Gasteiger partial charge in [0.15, 0.2) is 0 Å². The van der Waals surface area contributed by atoms with Crippen LogP contribution in [0.1, 0.15) is 43.9 Å². The molecule has 0 bridgehead atoms. The number of methoxy groups -OCH3 is 1. The van der Waals surface area contributed by atoms with Crippen LogP contribution in [0.4, 0.5) is 11.4 Å². The molecule has 3 rings (SSSR count). The number of nitrogens with one attached hydrogen (secondary N) is 2. The van der Waals surface area contributed by atoms with Crippen molar-refractivity contribution in [1.29, 1.82) is 5.26 Å². The van der Waals surface area contributed by atoms with Crippen LogP contribution >= 0.6 is 0 Å². The predicted molar refractivity (Wildman–Crippen MR) is 112 cm³/mol. The van der Waals surface area contributed by atoms with Crippen LogP contribution in [0.25, 0.3) is 0 Å². The van der Waals surface area contributed by atoms with Gasteiger partial charge in [-0.1, -0.05) is 6.07 Å². The first-order valence-corrected chi connectivity index (χ1v) is 9.52. The molecule has 9 heteroatoms. The Kier molecular flexibility index (Phi) is 6.74. The van der Waals surface area contributed by atoms with Gasteiger partial charge in [-0.3, -0.25) is 24.1 Å². The molecular formula is C22H20N4O5. The fraction of sp³-hybridized carbons (Fsp3) is 0.227. The van der Waals surface area contributed by atoms with Gasteiger partial charge in [0.05, 0.1) is 17.2 Å². The first-order valence-electron chi connectivity index (χ1n) is 9.52. The number of benzene rings is 2. The molecule has 0 spiro atoms. The third-order valence-corrected chi connectivity index (χ3v) is 4.61. The molecule has 1 heterocycles. The standard InChI is InChI=1S/C22H20N4O5/c1-31-11-3-10-26-21(29)17-7-6-14(12-18(17)22(26)30)20(28)25-16-5-2-4-15(13-16)24-19(27)8-9-23/h2,4-7,12-13H,3,8,10-11H2,1H3,(H,24,27)(H,25,28). The second kappa shape index (κ2) is 9.65. The maximum atomic E-state index is 12.7. The Labute approximate surface area is 178 Å². The summed E-state index contributed by atoms with van der Waals surface area (Å²) in [5.41, 5.74) is 1.52. The highest BCUT2D eigenvalue weighted by molar-refractivity contribution is 6.22. The Hall–Kier alpha value is -4.03. The molecule has 9 nitrogen and oxygen atoms in total. The number of imide groups is 1. The fourth-order valence-electron chi connectivity index (χ4n) is 3.16. The molecule has 0 radical (unpaired) electrons. The average Bonchev–Trinajstić information content (AvgIpc) is 2.98. The van der Waals surface area contributed by atoms with Crippen LogP contribution in [0.5, 0.6) is 0 Å². The zero-order valence-electron chi connectivity index (χ0n) is 16.8. The number of hydrogen-bond acceptors (Lipinski definition) is 6. The number of hydrogen-bond donors (Lipinski definition) is 2. The highest BCUT2D eigenvalue weighted by atomic mass is 16.5. The van der Waals surface area contributed by atoms with Crippen molar-refractivity contribution in [1.82, 2.24) is 4.90 Å². The molecular weight excluding hydrogens is 400 g/mol. The Bertz CT molecular complexity index is 1090. The van der Waals surface area contributed by atoms with Crippen LogP contribution in [0.2, 0.25) is 0 Å². The lowest BCUT2D eigenvalue weighted by atomic mass is 10.1. The van der Waals surface area contributed by atoms with Gasteiger partial charge in [0.25, 0.3) is 17.7 Å². The smallest absolute Gasteiger partial charge is 0.261 e. The first-order chi connectivity index (χ1) is 14.9. The fourth-order valence-corrected chi connectivity index (χ4v) is 3.16. The Balaban J connectivity index is 1.72. The van der Waals surface area contributed by atoms with Crippen LogP contribution in [-0.4, -0.2) is 48.8 Å². The minimum atomic E-state index is -0.471. The molecule has 1 aliphatic rings. The topological polar surface area (TPSA) is 129 Å². The van der Waals surface area contributed by atoms with E-state index in [9.17, 15) is 19.2 Å². The van der Waals surface area contributed by atoms with E-state index < -0.39 is 17.7 Å². The number of fused-ring (bicyclic) bond motifs is 1. The van der Waals surface area contributed by atoms with Crippen molar-refractivity contribution >= 4 is 35.0 Å². The third kappa shape index (κ3) is 4.94. The van der Waals surface area contributed by atoms with Crippen molar-refractivity contribution in [2.24, 2.45) is 0 Å². The summed E-state index contributed by atoms with van der Waals surface area (Å²) in [5, 5.41) is 13.8. The van der Waals surface area contributed by atoms with Crippen LogP contribution < -0.4 is 10.6 Å². The van der Waals surface area contributed by atoms with E-state index in [0.29, 0.717) is 24.4 Å². The largest absolute Gasteiger partial charge is 0.385 e. The van der Waals surface area contributed by atoms with E-state index in [1.807, 2.05) is 0 Å². The summed E-state index contributed by atoms with van der Waals surface area (Å²) < 4.78 is 4.96. The van der Waals surface area contributed by atoms with Gasteiger partial charge in [-0.25, -0.2) is 0 Å². The Morgan fingerprint density at radius 1 is 1.03 bits per heavy atom. The molecule has 0 aliphatic carbocycles. The SMILES string of the molecule is COCCCN1C(=O)c2ccc(C(=O)Nc3cccc(NC(=O)CC#N)c3)cc2C1=O. The monoisotopic (exact) mass is 420 g/mol. The van der Waals surface area contributed by atoms with E-state index in [4.69, 9.17) is 10.00 Å².